The van der Waals surface area contributed by atoms with Crippen molar-refractivity contribution in [1.29, 1.82) is 0 Å². The summed E-state index contributed by atoms with van der Waals surface area (Å²) in [4.78, 5) is 7.51. The molecule has 1 heterocycles. The van der Waals surface area contributed by atoms with Gasteiger partial charge in [0.15, 0.2) is 0 Å². The quantitative estimate of drug-likeness (QED) is 0.343. The Hall–Kier alpha value is -1.65. The van der Waals surface area contributed by atoms with E-state index < -0.39 is 0 Å². The van der Waals surface area contributed by atoms with Crippen molar-refractivity contribution >= 4 is 11.7 Å². The first-order valence-electron chi connectivity index (χ1n) is 3.01. The molecular weight excluding hydrogens is 144 g/mol. The zero-order valence-corrected chi connectivity index (χ0v) is 6.02. The highest BCUT2D eigenvalue weighted by molar-refractivity contribution is 5.96. The maximum Gasteiger partial charge on any atom is 0.220 e. The van der Waals surface area contributed by atoms with E-state index in [1.165, 1.54) is 6.20 Å². The largest absolute Gasteiger partial charge is 0.411 e. The molecule has 1 rings (SSSR count). The lowest BCUT2D eigenvalue weighted by Gasteiger charge is -1.96. The van der Waals surface area contributed by atoms with Crippen molar-refractivity contribution in [1.82, 2.24) is 9.97 Å². The number of anilines is 1. The molecule has 58 valence electrons. The Morgan fingerprint density at radius 1 is 1.73 bits per heavy atom. The Kier molecular flexibility index (Phi) is 2.00. The summed E-state index contributed by atoms with van der Waals surface area (Å²) in [6, 6.07) is 1.62. The number of nitrogen functional groups attached to an aromatic ring is 1. The van der Waals surface area contributed by atoms with Gasteiger partial charge in [-0.25, -0.2) is 9.97 Å². The third-order valence-corrected chi connectivity index (χ3v) is 1.19. The fourth-order valence-electron chi connectivity index (χ4n) is 0.627. The molecule has 0 aliphatic carbocycles. The molecule has 0 radical (unpaired) electrons. The van der Waals surface area contributed by atoms with Crippen LogP contribution in [0.15, 0.2) is 17.4 Å². The summed E-state index contributed by atoms with van der Waals surface area (Å²) < 4.78 is 0. The van der Waals surface area contributed by atoms with Crippen LogP contribution in [0.3, 0.4) is 0 Å². The fourth-order valence-corrected chi connectivity index (χ4v) is 0.627. The molecule has 0 aliphatic rings. The molecule has 0 bridgehead atoms. The van der Waals surface area contributed by atoms with Gasteiger partial charge in [0.25, 0.3) is 0 Å². The summed E-state index contributed by atoms with van der Waals surface area (Å²) in [6.07, 6.45) is 1.51. The van der Waals surface area contributed by atoms with Gasteiger partial charge in [0.2, 0.25) is 5.95 Å². The van der Waals surface area contributed by atoms with Crippen LogP contribution in [0.5, 0.6) is 0 Å². The SMILES string of the molecule is C/C(=N/O)c1ccnc(N)n1. The van der Waals surface area contributed by atoms with Crippen LogP contribution in [-0.2, 0) is 0 Å². The molecule has 1 aromatic rings. The first-order valence-corrected chi connectivity index (χ1v) is 3.01. The Labute approximate surface area is 63.6 Å². The predicted octanol–water partition coefficient (Wildman–Crippen LogP) is 0.257. The molecule has 0 aromatic carbocycles. The van der Waals surface area contributed by atoms with Gasteiger partial charge in [-0.2, -0.15) is 0 Å². The molecule has 0 fully saturated rings. The van der Waals surface area contributed by atoms with Crippen LogP contribution in [0.4, 0.5) is 5.95 Å². The second-order valence-corrected chi connectivity index (χ2v) is 1.99. The van der Waals surface area contributed by atoms with E-state index in [-0.39, 0.29) is 5.95 Å². The van der Waals surface area contributed by atoms with Gasteiger partial charge in [0.1, 0.15) is 5.71 Å². The van der Waals surface area contributed by atoms with Crippen molar-refractivity contribution in [2.45, 2.75) is 6.92 Å². The summed E-state index contributed by atoms with van der Waals surface area (Å²) in [7, 11) is 0. The summed E-state index contributed by atoms with van der Waals surface area (Å²) in [5.41, 5.74) is 6.24. The first kappa shape index (κ1) is 7.46. The number of nitrogens with zero attached hydrogens (tertiary/aromatic N) is 3. The average molecular weight is 152 g/mol. The zero-order valence-electron chi connectivity index (χ0n) is 6.02. The number of hydrogen-bond donors (Lipinski definition) is 2. The van der Waals surface area contributed by atoms with Gasteiger partial charge in [-0.15, -0.1) is 0 Å². The number of oxime groups is 1. The minimum atomic E-state index is 0.172. The lowest BCUT2D eigenvalue weighted by atomic mass is 10.3. The predicted molar refractivity (Wildman–Crippen MR) is 40.4 cm³/mol. The highest BCUT2D eigenvalue weighted by atomic mass is 16.4. The summed E-state index contributed by atoms with van der Waals surface area (Å²) >= 11 is 0. The average Bonchev–Trinajstić information content (AvgIpc) is 2.03. The van der Waals surface area contributed by atoms with Crippen LogP contribution in [0, 0.1) is 0 Å². The van der Waals surface area contributed by atoms with E-state index >= 15 is 0 Å². The van der Waals surface area contributed by atoms with Crippen LogP contribution in [-0.4, -0.2) is 20.9 Å². The Bertz CT molecular complexity index is 284. The molecule has 0 saturated heterocycles. The van der Waals surface area contributed by atoms with Crippen LogP contribution >= 0.6 is 0 Å². The molecule has 0 spiro atoms. The smallest absolute Gasteiger partial charge is 0.220 e. The van der Waals surface area contributed by atoms with E-state index in [1.54, 1.807) is 13.0 Å². The molecule has 0 unspecified atom stereocenters. The molecule has 11 heavy (non-hydrogen) atoms. The summed E-state index contributed by atoms with van der Waals surface area (Å²) in [6.45, 7) is 1.63. The molecule has 3 N–H and O–H groups in total. The number of aromatic nitrogens is 2. The van der Waals surface area contributed by atoms with E-state index in [2.05, 4.69) is 15.1 Å². The van der Waals surface area contributed by atoms with Crippen LogP contribution in [0.1, 0.15) is 12.6 Å². The third kappa shape index (κ3) is 1.64. The minimum absolute atomic E-state index is 0.172. The van der Waals surface area contributed by atoms with E-state index in [0.717, 1.165) is 0 Å². The van der Waals surface area contributed by atoms with Gasteiger partial charge >= 0.3 is 0 Å². The van der Waals surface area contributed by atoms with E-state index in [0.29, 0.717) is 11.4 Å². The second-order valence-electron chi connectivity index (χ2n) is 1.99. The van der Waals surface area contributed by atoms with Crippen molar-refractivity contribution < 1.29 is 5.21 Å². The van der Waals surface area contributed by atoms with Gasteiger partial charge in [-0.1, -0.05) is 5.16 Å². The molecular formula is C6H8N4O. The van der Waals surface area contributed by atoms with Gasteiger partial charge in [-0.05, 0) is 13.0 Å². The number of rotatable bonds is 1. The van der Waals surface area contributed by atoms with E-state index in [9.17, 15) is 0 Å². The van der Waals surface area contributed by atoms with Crippen molar-refractivity contribution in [2.24, 2.45) is 5.16 Å². The standard InChI is InChI=1S/C6H8N4O/c1-4(10-11)5-2-3-8-6(7)9-5/h2-3,11H,1H3,(H2,7,8,9)/b10-4-. The van der Waals surface area contributed by atoms with Gasteiger partial charge in [-0.3, -0.25) is 0 Å². The molecule has 1 aromatic heterocycles. The maximum atomic E-state index is 8.37. The molecule has 5 heteroatoms. The van der Waals surface area contributed by atoms with Crippen LogP contribution < -0.4 is 5.73 Å². The highest BCUT2D eigenvalue weighted by Crippen LogP contribution is 1.97. The van der Waals surface area contributed by atoms with Crippen LogP contribution in [0.2, 0.25) is 0 Å². The Morgan fingerprint density at radius 2 is 2.45 bits per heavy atom. The van der Waals surface area contributed by atoms with Crippen LogP contribution in [0.25, 0.3) is 0 Å². The van der Waals surface area contributed by atoms with Gasteiger partial charge in [0, 0.05) is 6.20 Å². The first-order chi connectivity index (χ1) is 5.24. The van der Waals surface area contributed by atoms with Crippen molar-refractivity contribution in [2.75, 3.05) is 5.73 Å². The van der Waals surface area contributed by atoms with E-state index in [1.807, 2.05) is 0 Å². The second kappa shape index (κ2) is 2.96. The molecule has 0 amide bonds. The monoisotopic (exact) mass is 152 g/mol. The molecule has 5 nitrogen and oxygen atoms in total. The minimum Gasteiger partial charge on any atom is -0.411 e. The van der Waals surface area contributed by atoms with Crippen molar-refractivity contribution in [3.8, 4) is 0 Å². The third-order valence-electron chi connectivity index (χ3n) is 1.19. The maximum absolute atomic E-state index is 8.37. The highest BCUT2D eigenvalue weighted by Gasteiger charge is 1.98. The lowest BCUT2D eigenvalue weighted by molar-refractivity contribution is 0.319. The topological polar surface area (TPSA) is 84.4 Å². The number of hydrogen-bond acceptors (Lipinski definition) is 5. The zero-order chi connectivity index (χ0) is 8.27. The molecule has 0 saturated carbocycles. The summed E-state index contributed by atoms with van der Waals surface area (Å²) in [5.74, 6) is 0.172. The normalized spacial score (nSPS) is 11.5. The van der Waals surface area contributed by atoms with E-state index in [4.69, 9.17) is 10.9 Å². The number of nitrogens with two attached hydrogens (primary N) is 1. The summed E-state index contributed by atoms with van der Waals surface area (Å²) in [5, 5.41) is 11.3. The Morgan fingerprint density at radius 3 is 3.00 bits per heavy atom. The molecule has 0 aliphatic heterocycles. The van der Waals surface area contributed by atoms with Gasteiger partial charge < -0.3 is 10.9 Å². The Balaban J connectivity index is 3.06. The molecule has 0 atom stereocenters. The van der Waals surface area contributed by atoms with Crippen molar-refractivity contribution in [3.63, 3.8) is 0 Å². The van der Waals surface area contributed by atoms with Crippen molar-refractivity contribution in [3.05, 3.63) is 18.0 Å². The fraction of sp³-hybridized carbons (Fsp3) is 0.167. The van der Waals surface area contributed by atoms with Gasteiger partial charge in [0.05, 0.1) is 5.69 Å². The lowest BCUT2D eigenvalue weighted by Crippen LogP contribution is -2.02.